The first-order valence-corrected chi connectivity index (χ1v) is 8.15. The van der Waals surface area contributed by atoms with Crippen molar-refractivity contribution in [2.75, 3.05) is 13.2 Å². The molecule has 0 spiro atoms. The van der Waals surface area contributed by atoms with Crippen LogP contribution in [0.3, 0.4) is 0 Å². The third kappa shape index (κ3) is 6.71. The predicted molar refractivity (Wildman–Crippen MR) is 76.9 cm³/mol. The number of rotatable bonds is 6. The fourth-order valence-electron chi connectivity index (χ4n) is 1.16. The van der Waals surface area contributed by atoms with E-state index in [9.17, 15) is 8.42 Å². The second kappa shape index (κ2) is 7.62. The summed E-state index contributed by atoms with van der Waals surface area (Å²) in [6.07, 6.45) is 0. The zero-order valence-corrected chi connectivity index (χ0v) is 12.6. The molecule has 106 valence electrons. The number of hydrogen-bond acceptors (Lipinski definition) is 4. The third-order valence-corrected chi connectivity index (χ3v) is 4.14. The van der Waals surface area contributed by atoms with Crippen molar-refractivity contribution in [1.29, 1.82) is 0 Å². The number of hydrogen-bond donors (Lipinski definition) is 3. The third-order valence-electron chi connectivity index (χ3n) is 2.07. The monoisotopic (exact) mass is 302 g/mol. The van der Waals surface area contributed by atoms with Crippen LogP contribution >= 0.6 is 11.3 Å². The van der Waals surface area contributed by atoms with Gasteiger partial charge in [0.25, 0.3) is 10.2 Å². The van der Waals surface area contributed by atoms with Gasteiger partial charge in [0.05, 0.1) is 4.88 Å². The highest BCUT2D eigenvalue weighted by Crippen LogP contribution is 2.15. The molecule has 0 aliphatic carbocycles. The normalized spacial score (nSPS) is 11.4. The van der Waals surface area contributed by atoms with Gasteiger partial charge in [0.15, 0.2) is 0 Å². The summed E-state index contributed by atoms with van der Waals surface area (Å²) in [6, 6.07) is 3.62. The fraction of sp³-hybridized carbons (Fsp3) is 0.500. The van der Waals surface area contributed by atoms with E-state index in [4.69, 9.17) is 5.11 Å². The van der Waals surface area contributed by atoms with Gasteiger partial charge >= 0.3 is 0 Å². The first kappa shape index (κ1) is 16.1. The molecular formula is C12H18N2O3S2. The molecule has 0 aliphatic heterocycles. The Bertz CT molecular complexity index is 553. The molecule has 0 fully saturated rings. The lowest BCUT2D eigenvalue weighted by Gasteiger charge is -2.09. The van der Waals surface area contributed by atoms with Crippen LogP contribution in [0.15, 0.2) is 12.1 Å². The van der Waals surface area contributed by atoms with Gasteiger partial charge in [0.1, 0.15) is 6.61 Å². The molecule has 0 amide bonds. The van der Waals surface area contributed by atoms with Crippen LogP contribution in [0, 0.1) is 17.8 Å². The van der Waals surface area contributed by atoms with E-state index in [-0.39, 0.29) is 19.1 Å². The van der Waals surface area contributed by atoms with Gasteiger partial charge in [-0.2, -0.15) is 13.1 Å². The summed E-state index contributed by atoms with van der Waals surface area (Å²) in [6.45, 7) is 4.34. The van der Waals surface area contributed by atoms with Gasteiger partial charge in [-0.15, -0.1) is 11.3 Å². The minimum absolute atomic E-state index is 0.182. The van der Waals surface area contributed by atoms with Crippen LogP contribution < -0.4 is 9.44 Å². The first-order chi connectivity index (χ1) is 8.93. The molecule has 0 aliphatic rings. The highest BCUT2D eigenvalue weighted by Gasteiger charge is 2.10. The number of aliphatic hydroxyl groups is 1. The van der Waals surface area contributed by atoms with E-state index < -0.39 is 10.2 Å². The summed E-state index contributed by atoms with van der Waals surface area (Å²) >= 11 is 1.40. The highest BCUT2D eigenvalue weighted by molar-refractivity contribution is 7.87. The van der Waals surface area contributed by atoms with Crippen molar-refractivity contribution < 1.29 is 13.5 Å². The van der Waals surface area contributed by atoms with Crippen molar-refractivity contribution in [2.45, 2.75) is 20.4 Å². The fourth-order valence-corrected chi connectivity index (χ4v) is 3.07. The van der Waals surface area contributed by atoms with Crippen LogP contribution in [0.1, 0.15) is 23.6 Å². The Morgan fingerprint density at radius 2 is 2.11 bits per heavy atom. The van der Waals surface area contributed by atoms with Crippen molar-refractivity contribution >= 4 is 21.5 Å². The Hall–Kier alpha value is -0.910. The summed E-state index contributed by atoms with van der Waals surface area (Å²) < 4.78 is 28.2. The number of nitrogens with one attached hydrogen (secondary N) is 2. The van der Waals surface area contributed by atoms with Gasteiger partial charge in [0, 0.05) is 18.0 Å². The molecule has 5 nitrogen and oxygen atoms in total. The van der Waals surface area contributed by atoms with Crippen LogP contribution in [0.25, 0.3) is 0 Å². The van der Waals surface area contributed by atoms with E-state index in [2.05, 4.69) is 21.3 Å². The smallest absolute Gasteiger partial charge is 0.277 e. The van der Waals surface area contributed by atoms with Gasteiger partial charge in [-0.25, -0.2) is 4.72 Å². The van der Waals surface area contributed by atoms with Crippen molar-refractivity contribution in [2.24, 2.45) is 5.92 Å². The van der Waals surface area contributed by atoms with Crippen LogP contribution in [-0.4, -0.2) is 26.7 Å². The minimum Gasteiger partial charge on any atom is -0.384 e. The second-order valence-electron chi connectivity index (χ2n) is 4.29. The standard InChI is InChI=1S/C12H18N2O3S2/c1-10(2)8-13-19(16,17)14-9-12-6-5-11(18-12)4-3-7-15/h5-6,10,13-15H,7-9H2,1-2H3. The summed E-state index contributed by atoms with van der Waals surface area (Å²) in [5, 5.41) is 8.58. The maximum Gasteiger partial charge on any atom is 0.277 e. The van der Waals surface area contributed by atoms with E-state index >= 15 is 0 Å². The molecule has 0 unspecified atom stereocenters. The molecule has 0 aromatic carbocycles. The lowest BCUT2D eigenvalue weighted by atomic mass is 10.2. The van der Waals surface area contributed by atoms with E-state index in [1.807, 2.05) is 19.9 Å². The van der Waals surface area contributed by atoms with Crippen molar-refractivity contribution in [3.05, 3.63) is 21.9 Å². The topological polar surface area (TPSA) is 78.4 Å². The lowest BCUT2D eigenvalue weighted by Crippen LogP contribution is -2.37. The Morgan fingerprint density at radius 1 is 1.37 bits per heavy atom. The van der Waals surface area contributed by atoms with Gasteiger partial charge in [-0.05, 0) is 18.1 Å². The van der Waals surface area contributed by atoms with Gasteiger partial charge in [-0.1, -0.05) is 25.7 Å². The molecule has 0 saturated carbocycles. The molecule has 0 saturated heterocycles. The van der Waals surface area contributed by atoms with Crippen molar-refractivity contribution in [3.8, 4) is 11.8 Å². The first-order valence-electron chi connectivity index (χ1n) is 5.85. The van der Waals surface area contributed by atoms with E-state index in [0.29, 0.717) is 6.54 Å². The number of thiophene rings is 1. The van der Waals surface area contributed by atoms with Crippen molar-refractivity contribution in [1.82, 2.24) is 9.44 Å². The largest absolute Gasteiger partial charge is 0.384 e. The molecule has 3 N–H and O–H groups in total. The Morgan fingerprint density at radius 3 is 2.74 bits per heavy atom. The van der Waals surface area contributed by atoms with Gasteiger partial charge in [-0.3, -0.25) is 0 Å². The molecule has 0 bridgehead atoms. The van der Waals surface area contributed by atoms with E-state index in [1.165, 1.54) is 11.3 Å². The van der Waals surface area contributed by atoms with E-state index in [0.717, 1.165) is 9.75 Å². The quantitative estimate of drug-likeness (QED) is 0.676. The predicted octanol–water partition coefficient (Wildman–Crippen LogP) is 0.672. The minimum atomic E-state index is -3.45. The maximum absolute atomic E-state index is 11.6. The highest BCUT2D eigenvalue weighted by atomic mass is 32.2. The van der Waals surface area contributed by atoms with Gasteiger partial charge < -0.3 is 5.11 Å². The summed E-state index contributed by atoms with van der Waals surface area (Å²) in [5.41, 5.74) is 0. The molecule has 1 rings (SSSR count). The molecule has 1 aromatic rings. The van der Waals surface area contributed by atoms with E-state index in [1.54, 1.807) is 6.07 Å². The summed E-state index contributed by atoms with van der Waals surface area (Å²) in [5.74, 6) is 5.59. The van der Waals surface area contributed by atoms with Crippen LogP contribution in [0.5, 0.6) is 0 Å². The molecule has 0 atom stereocenters. The second-order valence-corrected chi connectivity index (χ2v) is 7.05. The van der Waals surface area contributed by atoms with Crippen molar-refractivity contribution in [3.63, 3.8) is 0 Å². The molecular weight excluding hydrogens is 284 g/mol. The Kier molecular flexibility index (Phi) is 6.48. The summed E-state index contributed by atoms with van der Waals surface area (Å²) in [4.78, 5) is 1.68. The molecule has 7 heteroatoms. The van der Waals surface area contributed by atoms with Crippen LogP contribution in [0.4, 0.5) is 0 Å². The molecule has 19 heavy (non-hydrogen) atoms. The van der Waals surface area contributed by atoms with Gasteiger partial charge in [0.2, 0.25) is 0 Å². The average Bonchev–Trinajstić information content (AvgIpc) is 2.80. The molecule has 1 heterocycles. The zero-order valence-electron chi connectivity index (χ0n) is 10.9. The average molecular weight is 302 g/mol. The maximum atomic E-state index is 11.6. The summed E-state index contributed by atoms with van der Waals surface area (Å²) in [7, 11) is -3.45. The Labute approximate surface area is 118 Å². The zero-order chi connectivity index (χ0) is 14.3. The lowest BCUT2D eigenvalue weighted by molar-refractivity contribution is 0.350. The van der Waals surface area contributed by atoms with Crippen LogP contribution in [-0.2, 0) is 16.8 Å². The molecule has 0 radical (unpaired) electrons. The number of aliphatic hydroxyl groups excluding tert-OH is 1. The van der Waals surface area contributed by atoms with Crippen LogP contribution in [0.2, 0.25) is 0 Å². The molecule has 1 aromatic heterocycles. The Balaban J connectivity index is 2.50. The SMILES string of the molecule is CC(C)CNS(=O)(=O)NCc1ccc(C#CCO)s1.